The number of anilines is 1. The Kier molecular flexibility index (Phi) is 4.82. The SMILES string of the molecule is CC(C)(C)[Si](C)(C)O[C@@H]1[C@@H](O)[C@@H](CO)O[C@H]1n1cnc2c(N)ncnc21. The number of nitrogens with zero attached hydrogens (tertiary/aromatic N) is 4. The van der Waals surface area contributed by atoms with Crippen LogP contribution in [0.2, 0.25) is 18.1 Å². The molecule has 10 heteroatoms. The van der Waals surface area contributed by atoms with Crippen LogP contribution in [0.25, 0.3) is 11.2 Å². The number of nitrogens with two attached hydrogens (primary N) is 1. The van der Waals surface area contributed by atoms with Crippen LogP contribution in [0.5, 0.6) is 0 Å². The Hall–Kier alpha value is -1.59. The third kappa shape index (κ3) is 3.12. The zero-order chi connectivity index (χ0) is 19.3. The third-order valence-corrected chi connectivity index (χ3v) is 9.86. The van der Waals surface area contributed by atoms with Crippen molar-refractivity contribution in [3.05, 3.63) is 12.7 Å². The van der Waals surface area contributed by atoms with Crippen molar-refractivity contribution in [2.24, 2.45) is 0 Å². The molecule has 4 atom stereocenters. The third-order valence-electron chi connectivity index (χ3n) is 5.39. The maximum Gasteiger partial charge on any atom is 0.192 e. The Balaban J connectivity index is 2.01. The fourth-order valence-electron chi connectivity index (χ4n) is 2.79. The normalized spacial score (nSPS) is 27.3. The summed E-state index contributed by atoms with van der Waals surface area (Å²) < 4.78 is 14.0. The molecule has 1 aliphatic heterocycles. The van der Waals surface area contributed by atoms with Gasteiger partial charge in [0.15, 0.2) is 26.0 Å². The highest BCUT2D eigenvalue weighted by molar-refractivity contribution is 6.74. The number of hydrogen-bond acceptors (Lipinski definition) is 8. The molecule has 0 amide bonds. The fourth-order valence-corrected chi connectivity index (χ4v) is 4.08. The molecular weight excluding hydrogens is 354 g/mol. The summed E-state index contributed by atoms with van der Waals surface area (Å²) in [6.07, 6.45) is -0.122. The van der Waals surface area contributed by atoms with E-state index in [0.29, 0.717) is 11.2 Å². The van der Waals surface area contributed by atoms with Gasteiger partial charge in [-0.15, -0.1) is 0 Å². The number of aliphatic hydroxyl groups is 2. The Bertz CT molecular complexity index is 791. The van der Waals surface area contributed by atoms with Crippen molar-refractivity contribution < 1.29 is 19.4 Å². The second kappa shape index (κ2) is 6.53. The predicted octanol–water partition coefficient (Wildman–Crippen LogP) is 1.05. The average Bonchev–Trinajstić information content (AvgIpc) is 3.09. The van der Waals surface area contributed by atoms with Gasteiger partial charge in [0.25, 0.3) is 0 Å². The molecule has 1 saturated heterocycles. The second-order valence-electron chi connectivity index (χ2n) is 8.16. The van der Waals surface area contributed by atoms with Crippen molar-refractivity contribution >= 4 is 25.3 Å². The van der Waals surface area contributed by atoms with Gasteiger partial charge in [-0.3, -0.25) is 4.57 Å². The molecule has 4 N–H and O–H groups in total. The maximum absolute atomic E-state index is 10.7. The Morgan fingerprint density at radius 1 is 1.31 bits per heavy atom. The lowest BCUT2D eigenvalue weighted by Gasteiger charge is -2.40. The predicted molar refractivity (Wildman–Crippen MR) is 98.8 cm³/mol. The standard InChI is InChI=1S/C16H27N5O4Si/c1-16(2,3)26(4,5)25-12-11(23)9(6-22)24-15(12)21-8-20-10-13(17)18-7-19-14(10)21/h7-9,11-12,15,22-23H,6H2,1-5H3,(H2,17,18,19)/t9-,11+,12-,15-/m1/s1. The molecule has 1 aliphatic rings. The number of nitrogen functional groups attached to an aromatic ring is 1. The van der Waals surface area contributed by atoms with Crippen molar-refractivity contribution in [3.63, 3.8) is 0 Å². The molecule has 3 rings (SSSR count). The molecule has 0 spiro atoms. The van der Waals surface area contributed by atoms with Crippen LogP contribution in [0.15, 0.2) is 12.7 Å². The van der Waals surface area contributed by atoms with Crippen molar-refractivity contribution in [2.45, 2.75) is 63.4 Å². The summed E-state index contributed by atoms with van der Waals surface area (Å²) >= 11 is 0. The van der Waals surface area contributed by atoms with Crippen molar-refractivity contribution in [1.29, 1.82) is 0 Å². The van der Waals surface area contributed by atoms with Gasteiger partial charge in [-0.2, -0.15) is 0 Å². The van der Waals surface area contributed by atoms with Crippen LogP contribution in [0, 0.1) is 0 Å². The minimum Gasteiger partial charge on any atom is -0.407 e. The van der Waals surface area contributed by atoms with Gasteiger partial charge in [0.1, 0.15) is 30.2 Å². The average molecular weight is 382 g/mol. The van der Waals surface area contributed by atoms with E-state index in [9.17, 15) is 10.2 Å². The number of ether oxygens (including phenoxy) is 1. The monoisotopic (exact) mass is 381 g/mol. The van der Waals surface area contributed by atoms with E-state index in [1.165, 1.54) is 6.33 Å². The molecule has 2 aromatic rings. The summed E-state index contributed by atoms with van der Waals surface area (Å²) in [5, 5.41) is 20.2. The van der Waals surface area contributed by atoms with E-state index < -0.39 is 32.9 Å². The lowest BCUT2D eigenvalue weighted by Crippen LogP contribution is -2.48. The molecule has 0 aromatic carbocycles. The topological polar surface area (TPSA) is 129 Å². The van der Waals surface area contributed by atoms with Crippen molar-refractivity contribution in [3.8, 4) is 0 Å². The highest BCUT2D eigenvalue weighted by atomic mass is 28.4. The van der Waals surface area contributed by atoms with Crippen molar-refractivity contribution in [2.75, 3.05) is 12.3 Å². The van der Waals surface area contributed by atoms with Crippen LogP contribution in [0.1, 0.15) is 27.0 Å². The van der Waals surface area contributed by atoms with Crippen molar-refractivity contribution in [1.82, 2.24) is 19.5 Å². The van der Waals surface area contributed by atoms with Crippen LogP contribution in [-0.4, -0.2) is 63.0 Å². The van der Waals surface area contributed by atoms with Gasteiger partial charge >= 0.3 is 0 Å². The van der Waals surface area contributed by atoms with E-state index >= 15 is 0 Å². The van der Waals surface area contributed by atoms with Gasteiger partial charge in [-0.25, -0.2) is 15.0 Å². The summed E-state index contributed by atoms with van der Waals surface area (Å²) in [6, 6.07) is 0. The number of hydrogen-bond donors (Lipinski definition) is 3. The van der Waals surface area contributed by atoms with E-state index in [2.05, 4.69) is 48.8 Å². The maximum atomic E-state index is 10.7. The number of aliphatic hydroxyl groups excluding tert-OH is 2. The first-order valence-electron chi connectivity index (χ1n) is 8.62. The van der Waals surface area contributed by atoms with Gasteiger partial charge in [0.2, 0.25) is 0 Å². The number of aromatic nitrogens is 4. The highest BCUT2D eigenvalue weighted by Gasteiger charge is 2.50. The summed E-state index contributed by atoms with van der Waals surface area (Å²) in [6.45, 7) is 10.3. The van der Waals surface area contributed by atoms with Gasteiger partial charge in [0, 0.05) is 0 Å². The first-order valence-corrected chi connectivity index (χ1v) is 11.5. The molecule has 1 fully saturated rings. The molecule has 0 aliphatic carbocycles. The molecule has 0 unspecified atom stereocenters. The second-order valence-corrected chi connectivity index (χ2v) is 12.9. The van der Waals surface area contributed by atoms with E-state index in [1.807, 2.05) is 0 Å². The lowest BCUT2D eigenvalue weighted by atomic mass is 10.1. The molecule has 0 radical (unpaired) electrons. The van der Waals surface area contributed by atoms with Crippen LogP contribution in [-0.2, 0) is 9.16 Å². The smallest absolute Gasteiger partial charge is 0.192 e. The van der Waals surface area contributed by atoms with Crippen LogP contribution >= 0.6 is 0 Å². The summed E-state index contributed by atoms with van der Waals surface area (Å²) in [5.41, 5.74) is 6.82. The van der Waals surface area contributed by atoms with Crippen LogP contribution in [0.3, 0.4) is 0 Å². The Morgan fingerprint density at radius 2 is 2.00 bits per heavy atom. The molecule has 3 heterocycles. The summed E-state index contributed by atoms with van der Waals surface area (Å²) in [7, 11) is -2.20. The minimum absolute atomic E-state index is 0.0435. The molecule has 0 saturated carbocycles. The van der Waals surface area contributed by atoms with E-state index in [0.717, 1.165) is 0 Å². The highest BCUT2D eigenvalue weighted by Crippen LogP contribution is 2.42. The summed E-state index contributed by atoms with van der Waals surface area (Å²) in [5.74, 6) is 0.271. The molecule has 26 heavy (non-hydrogen) atoms. The van der Waals surface area contributed by atoms with Gasteiger partial charge in [-0.1, -0.05) is 20.8 Å². The molecule has 9 nitrogen and oxygen atoms in total. The zero-order valence-electron chi connectivity index (χ0n) is 15.7. The van der Waals surface area contributed by atoms with E-state index in [1.54, 1.807) is 10.9 Å². The molecule has 144 valence electrons. The fraction of sp³-hybridized carbons (Fsp3) is 0.688. The van der Waals surface area contributed by atoms with Crippen LogP contribution in [0.4, 0.5) is 5.82 Å². The minimum atomic E-state index is -2.20. The van der Waals surface area contributed by atoms with Gasteiger partial charge in [0.05, 0.1) is 12.9 Å². The number of imidazole rings is 1. The largest absolute Gasteiger partial charge is 0.407 e. The Morgan fingerprint density at radius 3 is 2.62 bits per heavy atom. The van der Waals surface area contributed by atoms with Crippen LogP contribution < -0.4 is 5.73 Å². The molecule has 2 aromatic heterocycles. The lowest BCUT2D eigenvalue weighted by molar-refractivity contribution is -0.0497. The number of fused-ring (bicyclic) bond motifs is 1. The first kappa shape index (κ1) is 19.2. The summed E-state index contributed by atoms with van der Waals surface area (Å²) in [4.78, 5) is 12.4. The Labute approximate surface area is 153 Å². The van der Waals surface area contributed by atoms with E-state index in [-0.39, 0.29) is 17.5 Å². The first-order chi connectivity index (χ1) is 12.1. The van der Waals surface area contributed by atoms with Gasteiger partial charge < -0.3 is 25.1 Å². The number of rotatable bonds is 4. The quantitative estimate of drug-likeness (QED) is 0.670. The molecular formula is C16H27N5O4Si. The van der Waals surface area contributed by atoms with E-state index in [4.69, 9.17) is 14.9 Å². The zero-order valence-corrected chi connectivity index (χ0v) is 16.7. The molecule has 0 bridgehead atoms. The van der Waals surface area contributed by atoms with Gasteiger partial charge in [-0.05, 0) is 18.1 Å².